The minimum absolute atomic E-state index is 0.00856. The summed E-state index contributed by atoms with van der Waals surface area (Å²) < 4.78 is 10.9. The molecule has 122 valence electrons. The van der Waals surface area contributed by atoms with Gasteiger partial charge >= 0.3 is 0 Å². The maximum atomic E-state index is 5.46. The number of unbranched alkanes of at least 4 members (excludes halogenated alkanes) is 5. The van der Waals surface area contributed by atoms with Gasteiger partial charge in [0.1, 0.15) is 12.1 Å². The van der Waals surface area contributed by atoms with Crippen molar-refractivity contribution in [3.8, 4) is 0 Å². The third-order valence-electron chi connectivity index (χ3n) is 3.97. The molecule has 21 heavy (non-hydrogen) atoms. The Labute approximate surface area is 130 Å². The van der Waals surface area contributed by atoms with Crippen molar-refractivity contribution in [2.24, 2.45) is 15.9 Å². The lowest BCUT2D eigenvalue weighted by Crippen LogP contribution is -2.37. The van der Waals surface area contributed by atoms with Gasteiger partial charge in [-0.05, 0) is 12.3 Å². The Bertz CT molecular complexity index is 351. The Morgan fingerprint density at radius 1 is 0.905 bits per heavy atom. The predicted octanol–water partition coefficient (Wildman–Crippen LogP) is 4.23. The van der Waals surface area contributed by atoms with Crippen LogP contribution in [0, 0.1) is 5.92 Å². The van der Waals surface area contributed by atoms with Gasteiger partial charge in [-0.15, -0.1) is 0 Å². The lowest BCUT2D eigenvalue weighted by Gasteiger charge is -2.27. The van der Waals surface area contributed by atoms with E-state index >= 15 is 0 Å². The number of nitrogens with zero attached hydrogens (tertiary/aromatic N) is 2. The number of aliphatic imine (C=N–C) groups is 2. The summed E-state index contributed by atoms with van der Waals surface area (Å²) >= 11 is 0. The van der Waals surface area contributed by atoms with Crippen LogP contribution in [0.25, 0.3) is 0 Å². The van der Waals surface area contributed by atoms with Gasteiger partial charge in [0, 0.05) is 0 Å². The monoisotopic (exact) mass is 296 g/mol. The highest BCUT2D eigenvalue weighted by Gasteiger charge is 2.30. The average molecular weight is 296 g/mol. The molecule has 1 rings (SSSR count). The first-order valence-electron chi connectivity index (χ1n) is 8.37. The second-order valence-electron chi connectivity index (χ2n) is 6.10. The summed E-state index contributed by atoms with van der Waals surface area (Å²) in [7, 11) is 3.38. The molecule has 4 heteroatoms. The Kier molecular flexibility index (Phi) is 8.40. The molecule has 0 spiro atoms. The molecular weight excluding hydrogens is 264 g/mol. The second-order valence-corrected chi connectivity index (χ2v) is 6.10. The summed E-state index contributed by atoms with van der Waals surface area (Å²) in [4.78, 5) is 9.43. The zero-order valence-electron chi connectivity index (χ0n) is 14.4. The van der Waals surface area contributed by atoms with Crippen LogP contribution in [0.1, 0.15) is 65.7 Å². The van der Waals surface area contributed by atoms with Gasteiger partial charge in [0.2, 0.25) is 11.8 Å². The van der Waals surface area contributed by atoms with Crippen LogP contribution in [0.4, 0.5) is 0 Å². The number of rotatable bonds is 8. The summed E-state index contributed by atoms with van der Waals surface area (Å²) in [5.41, 5.74) is 0. The summed E-state index contributed by atoms with van der Waals surface area (Å²) in [6, 6.07) is 0.0249. The maximum Gasteiger partial charge on any atom is 0.209 e. The SMILES string of the molecule is CCCCCCCC[C@H]1N=C(OC)[C@H](C(C)C)N=C1OC. The van der Waals surface area contributed by atoms with Crippen LogP contribution in [-0.4, -0.2) is 38.1 Å². The molecule has 0 amide bonds. The van der Waals surface area contributed by atoms with Crippen LogP contribution in [0.5, 0.6) is 0 Å². The Morgan fingerprint density at radius 3 is 2.10 bits per heavy atom. The van der Waals surface area contributed by atoms with Crippen molar-refractivity contribution < 1.29 is 9.47 Å². The highest BCUT2D eigenvalue weighted by molar-refractivity contribution is 5.94. The van der Waals surface area contributed by atoms with Crippen molar-refractivity contribution in [3.63, 3.8) is 0 Å². The second kappa shape index (κ2) is 9.80. The Hall–Kier alpha value is -1.06. The molecule has 0 aromatic heterocycles. The molecule has 0 N–H and O–H groups in total. The molecular formula is C17H32N2O2. The van der Waals surface area contributed by atoms with Crippen LogP contribution in [0.3, 0.4) is 0 Å². The van der Waals surface area contributed by atoms with E-state index in [1.807, 2.05) is 0 Å². The van der Waals surface area contributed by atoms with Crippen LogP contribution in [0.15, 0.2) is 9.98 Å². The molecule has 0 saturated carbocycles. The topological polar surface area (TPSA) is 43.2 Å². The molecule has 1 aliphatic heterocycles. The van der Waals surface area contributed by atoms with Gasteiger partial charge in [0.05, 0.1) is 14.2 Å². The lowest BCUT2D eigenvalue weighted by molar-refractivity contribution is 0.329. The molecule has 0 radical (unpaired) electrons. The van der Waals surface area contributed by atoms with Crippen LogP contribution in [0.2, 0.25) is 0 Å². The highest BCUT2D eigenvalue weighted by Crippen LogP contribution is 2.20. The summed E-state index contributed by atoms with van der Waals surface area (Å²) in [5, 5.41) is 0. The van der Waals surface area contributed by atoms with Crippen LogP contribution < -0.4 is 0 Å². The van der Waals surface area contributed by atoms with Crippen molar-refractivity contribution in [2.75, 3.05) is 14.2 Å². The van der Waals surface area contributed by atoms with Crippen molar-refractivity contribution in [1.29, 1.82) is 0 Å². The van der Waals surface area contributed by atoms with E-state index in [4.69, 9.17) is 19.5 Å². The van der Waals surface area contributed by atoms with Crippen molar-refractivity contribution in [1.82, 2.24) is 0 Å². The smallest absolute Gasteiger partial charge is 0.209 e. The van der Waals surface area contributed by atoms with Gasteiger partial charge in [-0.2, -0.15) is 0 Å². The number of hydrogen-bond donors (Lipinski definition) is 0. The van der Waals surface area contributed by atoms with E-state index in [0.717, 1.165) is 18.2 Å². The predicted molar refractivity (Wildman–Crippen MR) is 89.3 cm³/mol. The molecule has 2 atom stereocenters. The van der Waals surface area contributed by atoms with Crippen LogP contribution in [-0.2, 0) is 9.47 Å². The number of ether oxygens (including phenoxy) is 2. The molecule has 0 saturated heterocycles. The van der Waals surface area contributed by atoms with E-state index < -0.39 is 0 Å². The van der Waals surface area contributed by atoms with E-state index in [0.29, 0.717) is 5.92 Å². The largest absolute Gasteiger partial charge is 0.483 e. The van der Waals surface area contributed by atoms with Gasteiger partial charge in [-0.3, -0.25) is 0 Å². The van der Waals surface area contributed by atoms with Gasteiger partial charge < -0.3 is 9.47 Å². The van der Waals surface area contributed by atoms with E-state index in [2.05, 4.69) is 20.8 Å². The van der Waals surface area contributed by atoms with Crippen LogP contribution >= 0.6 is 0 Å². The zero-order valence-corrected chi connectivity index (χ0v) is 14.4. The first kappa shape index (κ1) is 18.0. The molecule has 0 aromatic carbocycles. The minimum Gasteiger partial charge on any atom is -0.483 e. The normalized spacial score (nSPS) is 22.0. The fourth-order valence-electron chi connectivity index (χ4n) is 2.67. The van der Waals surface area contributed by atoms with E-state index in [1.165, 1.54) is 38.5 Å². The van der Waals surface area contributed by atoms with Gasteiger partial charge in [0.15, 0.2) is 0 Å². The molecule has 0 aliphatic carbocycles. The minimum atomic E-state index is -0.00856. The standard InChI is InChI=1S/C17H32N2O2/c1-6-7-8-9-10-11-12-14-16(20-4)19-15(13(2)3)17(18-14)21-5/h13-15H,6-12H2,1-5H3/t14-,15+/m1/s1. The lowest BCUT2D eigenvalue weighted by atomic mass is 10.0. The third kappa shape index (κ3) is 5.68. The van der Waals surface area contributed by atoms with E-state index in [9.17, 15) is 0 Å². The maximum absolute atomic E-state index is 5.46. The van der Waals surface area contributed by atoms with Crippen molar-refractivity contribution in [3.05, 3.63) is 0 Å². The number of methoxy groups -OCH3 is 2. The molecule has 0 unspecified atom stereocenters. The van der Waals surface area contributed by atoms with Crippen molar-refractivity contribution in [2.45, 2.75) is 77.8 Å². The first-order chi connectivity index (χ1) is 10.1. The molecule has 1 aliphatic rings. The summed E-state index contributed by atoms with van der Waals surface area (Å²) in [5.74, 6) is 1.88. The molecule has 0 fully saturated rings. The molecule has 1 heterocycles. The fourth-order valence-corrected chi connectivity index (χ4v) is 2.67. The average Bonchev–Trinajstić information content (AvgIpc) is 2.49. The molecule has 0 aromatic rings. The van der Waals surface area contributed by atoms with E-state index in [-0.39, 0.29) is 12.1 Å². The Morgan fingerprint density at radius 2 is 1.52 bits per heavy atom. The number of hydrogen-bond acceptors (Lipinski definition) is 4. The van der Waals surface area contributed by atoms with Gasteiger partial charge in [-0.1, -0.05) is 59.3 Å². The van der Waals surface area contributed by atoms with E-state index in [1.54, 1.807) is 14.2 Å². The quantitative estimate of drug-likeness (QED) is 0.629. The zero-order chi connectivity index (χ0) is 15.7. The van der Waals surface area contributed by atoms with Gasteiger partial charge in [0.25, 0.3) is 0 Å². The first-order valence-corrected chi connectivity index (χ1v) is 8.37. The fraction of sp³-hybridized carbons (Fsp3) is 0.882. The Balaban J connectivity index is 2.52. The third-order valence-corrected chi connectivity index (χ3v) is 3.97. The summed E-state index contributed by atoms with van der Waals surface area (Å²) in [6.07, 6.45) is 8.72. The molecule has 0 bridgehead atoms. The van der Waals surface area contributed by atoms with Crippen molar-refractivity contribution >= 4 is 11.8 Å². The highest BCUT2D eigenvalue weighted by atomic mass is 16.5. The van der Waals surface area contributed by atoms with Gasteiger partial charge in [-0.25, -0.2) is 9.98 Å². The summed E-state index contributed by atoms with van der Waals surface area (Å²) in [6.45, 7) is 6.50. The molecule has 4 nitrogen and oxygen atoms in total.